The summed E-state index contributed by atoms with van der Waals surface area (Å²) in [5, 5.41) is 0. The van der Waals surface area contributed by atoms with E-state index in [2.05, 4.69) is 16.1 Å². The predicted octanol–water partition coefficient (Wildman–Crippen LogP) is 1.28. The molecule has 0 unspecified atom stereocenters. The predicted molar refractivity (Wildman–Crippen MR) is 67.1 cm³/mol. The number of ether oxygens (including phenoxy) is 2. The number of hydrogen-bond acceptors (Lipinski definition) is 4. The Balaban J connectivity index is 3.15. The smallest absolute Gasteiger partial charge is 0.446 e. The summed E-state index contributed by atoms with van der Waals surface area (Å²) in [6, 6.07) is 6.28. The Morgan fingerprint density at radius 2 is 2.11 bits per heavy atom. The van der Waals surface area contributed by atoms with Crippen LogP contribution in [-0.2, 0) is 9.53 Å². The topological polar surface area (TPSA) is 89.0 Å². The molecule has 0 aromatic heterocycles. The van der Waals surface area contributed by atoms with Gasteiger partial charge in [0.25, 0.3) is 5.78 Å². The van der Waals surface area contributed by atoms with E-state index in [4.69, 9.17) is 10.3 Å². The highest BCUT2D eigenvalue weighted by Crippen LogP contribution is 2.19. The fraction of sp³-hybridized carbons (Fsp3) is 0.154. The molecule has 0 fully saturated rings. The number of carbonyl (C=O) groups excluding carboxylic acids is 2. The molecule has 98 valence electrons. The zero-order valence-electron chi connectivity index (χ0n) is 10.3. The van der Waals surface area contributed by atoms with Crippen LogP contribution in [-0.4, -0.2) is 36.0 Å². The first-order valence-electron chi connectivity index (χ1n) is 5.33. The lowest BCUT2D eigenvalue weighted by Gasteiger charge is -2.06. The van der Waals surface area contributed by atoms with Crippen LogP contribution in [0.1, 0.15) is 10.4 Å². The van der Waals surface area contributed by atoms with Gasteiger partial charge >= 0.3 is 11.7 Å². The van der Waals surface area contributed by atoms with E-state index in [9.17, 15) is 9.59 Å². The fourth-order valence-electron chi connectivity index (χ4n) is 1.33. The Kier molecular flexibility index (Phi) is 5.19. The van der Waals surface area contributed by atoms with Crippen molar-refractivity contribution < 1.29 is 23.9 Å². The number of para-hydroxylation sites is 1. The number of Topliss-reactive ketones (excluding diaryl/α,β-unsaturated/α-hetero) is 1. The molecular weight excluding hydrogens is 248 g/mol. The van der Waals surface area contributed by atoms with Crippen LogP contribution in [0.4, 0.5) is 0 Å². The highest BCUT2D eigenvalue weighted by atomic mass is 16.5. The molecule has 0 aliphatic carbocycles. The maximum atomic E-state index is 12.1. The number of methoxy groups -OCH3 is 1. The number of nitrogens with zero attached hydrogens (tertiary/aromatic N) is 2. The van der Waals surface area contributed by atoms with Gasteiger partial charge in [-0.3, -0.25) is 4.79 Å². The van der Waals surface area contributed by atoms with Gasteiger partial charge in [-0.1, -0.05) is 24.8 Å². The maximum absolute atomic E-state index is 12.1. The van der Waals surface area contributed by atoms with Crippen molar-refractivity contribution in [3.05, 3.63) is 48.0 Å². The molecule has 0 bridgehead atoms. The van der Waals surface area contributed by atoms with Gasteiger partial charge in [-0.25, -0.2) is 4.79 Å². The van der Waals surface area contributed by atoms with Gasteiger partial charge in [0, 0.05) is 0 Å². The van der Waals surface area contributed by atoms with Crippen molar-refractivity contribution in [3.63, 3.8) is 0 Å². The van der Waals surface area contributed by atoms with Crippen LogP contribution in [0.5, 0.6) is 5.75 Å². The lowest BCUT2D eigenvalue weighted by molar-refractivity contribution is -0.137. The second-order valence-corrected chi connectivity index (χ2v) is 3.37. The molecule has 0 spiro atoms. The summed E-state index contributed by atoms with van der Waals surface area (Å²) in [6.45, 7) is 3.70. The second kappa shape index (κ2) is 6.88. The minimum atomic E-state index is -1.02. The van der Waals surface area contributed by atoms with E-state index in [1.54, 1.807) is 18.2 Å². The highest BCUT2D eigenvalue weighted by molar-refractivity contribution is 6.65. The first-order chi connectivity index (χ1) is 9.15. The molecule has 0 saturated carbocycles. The Bertz CT molecular complexity index is 560. The first-order valence-corrected chi connectivity index (χ1v) is 5.33. The molecule has 1 aromatic rings. The lowest BCUT2D eigenvalue weighted by atomic mass is 10.1. The van der Waals surface area contributed by atoms with Crippen LogP contribution in [0.15, 0.2) is 36.9 Å². The van der Waals surface area contributed by atoms with E-state index in [1.807, 2.05) is 0 Å². The van der Waals surface area contributed by atoms with Crippen molar-refractivity contribution in [2.24, 2.45) is 0 Å². The standard InChI is InChI=1S/C13H12N2O4/c1-3-8-19-10-7-5-4-6-9(10)12(16)11(15-14)13(17)18-2/h3-7H,1,8H2,2H3. The van der Waals surface area contributed by atoms with E-state index >= 15 is 0 Å². The lowest BCUT2D eigenvalue weighted by Crippen LogP contribution is -2.27. The number of rotatable bonds is 6. The zero-order valence-corrected chi connectivity index (χ0v) is 10.3. The highest BCUT2D eigenvalue weighted by Gasteiger charge is 2.33. The van der Waals surface area contributed by atoms with Gasteiger partial charge in [0.2, 0.25) is 0 Å². The number of ketones is 1. The molecule has 1 rings (SSSR count). The SMILES string of the molecule is C=CCOc1ccccc1C(=O)C(=[N+]=[N-])C(=O)OC. The van der Waals surface area contributed by atoms with Crippen LogP contribution < -0.4 is 4.74 Å². The van der Waals surface area contributed by atoms with Crippen molar-refractivity contribution in [2.75, 3.05) is 13.7 Å². The van der Waals surface area contributed by atoms with Crippen molar-refractivity contribution in [1.82, 2.24) is 0 Å². The van der Waals surface area contributed by atoms with E-state index < -0.39 is 17.5 Å². The van der Waals surface area contributed by atoms with Crippen molar-refractivity contribution >= 4 is 17.5 Å². The minimum absolute atomic E-state index is 0.0996. The minimum Gasteiger partial charge on any atom is -0.489 e. The molecule has 0 aliphatic heterocycles. The van der Waals surface area contributed by atoms with Crippen LogP contribution in [0.2, 0.25) is 0 Å². The van der Waals surface area contributed by atoms with Crippen LogP contribution in [0.3, 0.4) is 0 Å². The molecule has 0 radical (unpaired) electrons. The van der Waals surface area contributed by atoms with E-state index in [0.29, 0.717) is 0 Å². The molecule has 0 heterocycles. The van der Waals surface area contributed by atoms with E-state index in [-0.39, 0.29) is 17.9 Å². The monoisotopic (exact) mass is 260 g/mol. The third kappa shape index (κ3) is 3.37. The summed E-state index contributed by atoms with van der Waals surface area (Å²) >= 11 is 0. The summed E-state index contributed by atoms with van der Waals surface area (Å²) < 4.78 is 9.65. The van der Waals surface area contributed by atoms with Crippen LogP contribution in [0, 0.1) is 0 Å². The van der Waals surface area contributed by atoms with Gasteiger partial charge < -0.3 is 15.0 Å². The molecule has 0 saturated heterocycles. The average molecular weight is 260 g/mol. The Labute approximate surface area is 109 Å². The van der Waals surface area contributed by atoms with Gasteiger partial charge in [-0.05, 0) is 12.1 Å². The van der Waals surface area contributed by atoms with Gasteiger partial charge in [0.15, 0.2) is 0 Å². The summed E-state index contributed by atoms with van der Waals surface area (Å²) in [5.41, 5.74) is 8.12. The fourth-order valence-corrected chi connectivity index (χ4v) is 1.33. The van der Waals surface area contributed by atoms with Gasteiger partial charge in [-0.15, -0.1) is 0 Å². The normalized spacial score (nSPS) is 9.11. The molecule has 0 atom stereocenters. The quantitative estimate of drug-likeness (QED) is 0.146. The van der Waals surface area contributed by atoms with E-state index in [1.165, 1.54) is 12.1 Å². The Morgan fingerprint density at radius 3 is 2.68 bits per heavy atom. The first kappa shape index (κ1) is 14.3. The second-order valence-electron chi connectivity index (χ2n) is 3.37. The number of hydrogen-bond donors (Lipinski definition) is 0. The third-order valence-electron chi connectivity index (χ3n) is 2.18. The molecule has 6 nitrogen and oxygen atoms in total. The molecular formula is C13H12N2O4. The number of carbonyl (C=O) groups is 2. The van der Waals surface area contributed by atoms with Crippen molar-refractivity contribution in [2.45, 2.75) is 0 Å². The maximum Gasteiger partial charge on any atom is 0.446 e. The van der Waals surface area contributed by atoms with Crippen LogP contribution >= 0.6 is 0 Å². The van der Waals surface area contributed by atoms with Crippen LogP contribution in [0.25, 0.3) is 5.53 Å². The largest absolute Gasteiger partial charge is 0.489 e. The summed E-state index contributed by atoms with van der Waals surface area (Å²) in [4.78, 5) is 26.0. The summed E-state index contributed by atoms with van der Waals surface area (Å²) in [5.74, 6) is -1.54. The van der Waals surface area contributed by atoms with E-state index in [0.717, 1.165) is 7.11 Å². The molecule has 19 heavy (non-hydrogen) atoms. The molecule has 0 amide bonds. The molecule has 6 heteroatoms. The van der Waals surface area contributed by atoms with Crippen molar-refractivity contribution in [1.29, 1.82) is 0 Å². The van der Waals surface area contributed by atoms with Gasteiger partial charge in [-0.2, -0.15) is 4.79 Å². The zero-order chi connectivity index (χ0) is 14.3. The number of benzene rings is 1. The Morgan fingerprint density at radius 1 is 1.42 bits per heavy atom. The Hall–Kier alpha value is -2.72. The van der Waals surface area contributed by atoms with Gasteiger partial charge in [0.05, 0.1) is 12.7 Å². The number of esters is 1. The summed E-state index contributed by atoms with van der Waals surface area (Å²) in [6.07, 6.45) is 1.52. The molecule has 0 aliphatic rings. The van der Waals surface area contributed by atoms with Gasteiger partial charge in [0.1, 0.15) is 12.4 Å². The van der Waals surface area contributed by atoms with Crippen molar-refractivity contribution in [3.8, 4) is 5.75 Å². The average Bonchev–Trinajstić information content (AvgIpc) is 2.45. The summed E-state index contributed by atoms with van der Waals surface area (Å²) in [7, 11) is 1.08. The molecule has 1 aromatic carbocycles. The third-order valence-corrected chi connectivity index (χ3v) is 2.18. The molecule has 0 N–H and O–H groups in total.